The van der Waals surface area contributed by atoms with Crippen molar-refractivity contribution < 1.29 is 5.11 Å². The first-order valence-electron chi connectivity index (χ1n) is 6.76. The van der Waals surface area contributed by atoms with Crippen molar-refractivity contribution >= 4 is 0 Å². The van der Waals surface area contributed by atoms with Crippen LogP contribution in [0.2, 0.25) is 0 Å². The highest BCUT2D eigenvalue weighted by Crippen LogP contribution is 2.28. The van der Waals surface area contributed by atoms with Gasteiger partial charge in [0, 0.05) is 5.56 Å². The molecule has 0 aromatic heterocycles. The van der Waals surface area contributed by atoms with E-state index in [0.717, 1.165) is 50.6 Å². The molecule has 0 heterocycles. The zero-order chi connectivity index (χ0) is 12.8. The summed E-state index contributed by atoms with van der Waals surface area (Å²) in [6.45, 7) is 0.718. The van der Waals surface area contributed by atoms with Crippen molar-refractivity contribution in [1.82, 2.24) is 0 Å². The number of hydrogen-bond donors (Lipinski definition) is 2. The summed E-state index contributed by atoms with van der Waals surface area (Å²) in [7, 11) is 0. The summed E-state index contributed by atoms with van der Waals surface area (Å²) in [6.07, 6.45) is 5.79. The number of benzene rings is 1. The van der Waals surface area contributed by atoms with Gasteiger partial charge in [0.25, 0.3) is 0 Å². The molecule has 0 bridgehead atoms. The van der Waals surface area contributed by atoms with Crippen LogP contribution in [0.4, 0.5) is 0 Å². The molecule has 1 aromatic carbocycles. The Kier molecular flexibility index (Phi) is 4.41. The predicted molar refractivity (Wildman–Crippen MR) is 74.1 cm³/mol. The maximum atomic E-state index is 10.2. The van der Waals surface area contributed by atoms with Gasteiger partial charge >= 0.3 is 0 Å². The van der Waals surface area contributed by atoms with Gasteiger partial charge < -0.3 is 10.8 Å². The van der Waals surface area contributed by atoms with E-state index in [1.807, 2.05) is 12.1 Å². The third-order valence-corrected chi connectivity index (χ3v) is 3.47. The van der Waals surface area contributed by atoms with E-state index in [4.69, 9.17) is 5.73 Å². The fourth-order valence-corrected chi connectivity index (χ4v) is 2.38. The lowest BCUT2D eigenvalue weighted by molar-refractivity contribution is 0.110. The van der Waals surface area contributed by atoms with Gasteiger partial charge in [-0.25, -0.2) is 0 Å². The lowest BCUT2D eigenvalue weighted by Crippen LogP contribution is -2.20. The molecule has 0 saturated heterocycles. The Morgan fingerprint density at radius 1 is 1.28 bits per heavy atom. The highest BCUT2D eigenvalue weighted by Gasteiger charge is 2.28. The van der Waals surface area contributed by atoms with Gasteiger partial charge in [0.2, 0.25) is 0 Å². The number of aryl methyl sites for hydroxylation is 1. The third kappa shape index (κ3) is 3.60. The Balaban J connectivity index is 2.07. The van der Waals surface area contributed by atoms with Crippen molar-refractivity contribution in [1.29, 1.82) is 0 Å². The van der Waals surface area contributed by atoms with Gasteiger partial charge in [-0.3, -0.25) is 0 Å². The van der Waals surface area contributed by atoms with Gasteiger partial charge in [0.15, 0.2) is 0 Å². The molecule has 1 aromatic rings. The van der Waals surface area contributed by atoms with Gasteiger partial charge in [-0.2, -0.15) is 0 Å². The first-order valence-corrected chi connectivity index (χ1v) is 6.76. The fraction of sp³-hybridized carbons (Fsp3) is 0.500. The SMILES string of the molecule is NCCCc1cccc(C#CC2(O)CCCC2)c1. The highest BCUT2D eigenvalue weighted by atomic mass is 16.3. The standard InChI is InChI=1S/C16H21NO/c17-12-4-7-14-5-3-6-15(13-14)8-11-16(18)9-1-2-10-16/h3,5-6,13,18H,1-2,4,7,9-10,12,17H2. The van der Waals surface area contributed by atoms with Crippen molar-refractivity contribution in [2.45, 2.75) is 44.1 Å². The van der Waals surface area contributed by atoms with Gasteiger partial charge in [-0.15, -0.1) is 0 Å². The second-order valence-corrected chi connectivity index (χ2v) is 5.08. The average molecular weight is 243 g/mol. The molecular weight excluding hydrogens is 222 g/mol. The molecule has 96 valence electrons. The molecule has 2 heteroatoms. The molecule has 18 heavy (non-hydrogen) atoms. The minimum atomic E-state index is -0.743. The van der Waals surface area contributed by atoms with Crippen LogP contribution in [0.5, 0.6) is 0 Å². The zero-order valence-electron chi connectivity index (χ0n) is 10.8. The van der Waals surface area contributed by atoms with Crippen molar-refractivity contribution in [3.8, 4) is 11.8 Å². The first kappa shape index (κ1) is 13.1. The Hall–Kier alpha value is -1.30. The maximum absolute atomic E-state index is 10.2. The number of rotatable bonds is 3. The van der Waals surface area contributed by atoms with Gasteiger partial charge in [-0.1, -0.05) is 24.0 Å². The topological polar surface area (TPSA) is 46.2 Å². The van der Waals surface area contributed by atoms with Crippen molar-refractivity contribution in [3.63, 3.8) is 0 Å². The lowest BCUT2D eigenvalue weighted by atomic mass is 10.0. The second kappa shape index (κ2) is 6.04. The molecule has 0 spiro atoms. The van der Waals surface area contributed by atoms with Gasteiger partial charge in [0.05, 0.1) is 0 Å². The molecule has 1 aliphatic carbocycles. The van der Waals surface area contributed by atoms with Gasteiger partial charge in [0.1, 0.15) is 5.60 Å². The monoisotopic (exact) mass is 243 g/mol. The predicted octanol–water partition coefficient (Wildman–Crippen LogP) is 2.23. The van der Waals surface area contributed by atoms with Crippen LogP contribution in [0.25, 0.3) is 0 Å². The van der Waals surface area contributed by atoms with E-state index in [1.54, 1.807) is 0 Å². The van der Waals surface area contributed by atoms with Crippen molar-refractivity contribution in [3.05, 3.63) is 35.4 Å². The molecule has 0 radical (unpaired) electrons. The van der Waals surface area contributed by atoms with E-state index >= 15 is 0 Å². The number of hydrogen-bond acceptors (Lipinski definition) is 2. The average Bonchev–Trinajstić information content (AvgIpc) is 2.82. The minimum absolute atomic E-state index is 0.718. The highest BCUT2D eigenvalue weighted by molar-refractivity contribution is 5.39. The van der Waals surface area contributed by atoms with Gasteiger partial charge in [-0.05, 0) is 62.8 Å². The fourth-order valence-electron chi connectivity index (χ4n) is 2.38. The molecule has 0 amide bonds. The van der Waals surface area contributed by atoms with E-state index in [-0.39, 0.29) is 0 Å². The lowest BCUT2D eigenvalue weighted by Gasteiger charge is -2.12. The Bertz CT molecular complexity index is 450. The molecule has 1 aliphatic rings. The van der Waals surface area contributed by atoms with E-state index in [9.17, 15) is 5.11 Å². The van der Waals surface area contributed by atoms with Crippen LogP contribution in [0, 0.1) is 11.8 Å². The number of aliphatic hydroxyl groups is 1. The maximum Gasteiger partial charge on any atom is 0.125 e. The largest absolute Gasteiger partial charge is 0.378 e. The normalized spacial score (nSPS) is 17.2. The quantitative estimate of drug-likeness (QED) is 0.800. The Labute approximate surface area is 109 Å². The molecule has 0 aliphatic heterocycles. The van der Waals surface area contributed by atoms with E-state index in [0.29, 0.717) is 0 Å². The van der Waals surface area contributed by atoms with Crippen LogP contribution >= 0.6 is 0 Å². The second-order valence-electron chi connectivity index (χ2n) is 5.08. The summed E-state index contributed by atoms with van der Waals surface area (Å²) >= 11 is 0. The van der Waals surface area contributed by atoms with Crippen LogP contribution < -0.4 is 5.73 Å². The zero-order valence-corrected chi connectivity index (χ0v) is 10.8. The van der Waals surface area contributed by atoms with Crippen LogP contribution in [-0.4, -0.2) is 17.3 Å². The molecular formula is C16H21NO. The van der Waals surface area contributed by atoms with Crippen LogP contribution in [0.1, 0.15) is 43.2 Å². The van der Waals surface area contributed by atoms with Crippen molar-refractivity contribution in [2.75, 3.05) is 6.54 Å². The molecule has 1 fully saturated rings. The summed E-state index contributed by atoms with van der Waals surface area (Å²) in [5, 5.41) is 10.2. The molecule has 1 saturated carbocycles. The minimum Gasteiger partial charge on any atom is -0.378 e. The smallest absolute Gasteiger partial charge is 0.125 e. The molecule has 2 nitrogen and oxygen atoms in total. The van der Waals surface area contributed by atoms with Crippen LogP contribution in [-0.2, 0) is 6.42 Å². The molecule has 2 rings (SSSR count). The van der Waals surface area contributed by atoms with Crippen LogP contribution in [0.3, 0.4) is 0 Å². The van der Waals surface area contributed by atoms with Crippen molar-refractivity contribution in [2.24, 2.45) is 5.73 Å². The number of nitrogens with two attached hydrogens (primary N) is 1. The van der Waals surface area contributed by atoms with E-state index in [1.165, 1.54) is 5.56 Å². The molecule has 3 N–H and O–H groups in total. The summed E-state index contributed by atoms with van der Waals surface area (Å²) in [5.74, 6) is 6.15. The van der Waals surface area contributed by atoms with Crippen LogP contribution in [0.15, 0.2) is 24.3 Å². The molecule has 0 unspecified atom stereocenters. The summed E-state index contributed by atoms with van der Waals surface area (Å²) in [6, 6.07) is 8.22. The molecule has 0 atom stereocenters. The Morgan fingerprint density at radius 2 is 2.06 bits per heavy atom. The first-order chi connectivity index (χ1) is 8.72. The third-order valence-electron chi connectivity index (χ3n) is 3.47. The van der Waals surface area contributed by atoms with E-state index < -0.39 is 5.60 Å². The summed E-state index contributed by atoms with van der Waals surface area (Å²) in [4.78, 5) is 0. The van der Waals surface area contributed by atoms with E-state index in [2.05, 4.69) is 24.0 Å². The summed E-state index contributed by atoms with van der Waals surface area (Å²) in [5.41, 5.74) is 7.03. The Morgan fingerprint density at radius 3 is 2.78 bits per heavy atom. The summed E-state index contributed by atoms with van der Waals surface area (Å²) < 4.78 is 0.